The molecule has 3 rings (SSSR count). The zero-order valence-electron chi connectivity index (χ0n) is 15.7. The Labute approximate surface area is 179 Å². The lowest BCUT2D eigenvalue weighted by Crippen LogP contribution is -2.20. The number of anilines is 3. The van der Waals surface area contributed by atoms with E-state index in [4.69, 9.17) is 17.3 Å². The van der Waals surface area contributed by atoms with Crippen molar-refractivity contribution in [2.24, 2.45) is 5.73 Å². The van der Waals surface area contributed by atoms with E-state index in [2.05, 4.69) is 26.1 Å². The molecule has 0 aliphatic rings. The molecule has 8 nitrogen and oxygen atoms in total. The molecular formula is C19H16ClF3N6O2. The Kier molecular flexibility index (Phi) is 6.35. The number of amides is 3. The van der Waals surface area contributed by atoms with Crippen LogP contribution >= 0.6 is 11.6 Å². The number of benzene rings is 2. The molecule has 0 atom stereocenters. The van der Waals surface area contributed by atoms with Crippen molar-refractivity contribution in [2.45, 2.75) is 12.7 Å². The highest BCUT2D eigenvalue weighted by atomic mass is 35.5. The van der Waals surface area contributed by atoms with Gasteiger partial charge in [-0.15, -0.1) is 0 Å². The Balaban J connectivity index is 1.64. The SMILES string of the molecule is NC(=O)c1[nH]ncc1NCc1cccc(NC(=O)Nc2cc(Cl)cc(C(F)(F)F)c2)c1. The molecule has 31 heavy (non-hydrogen) atoms. The third-order valence-electron chi connectivity index (χ3n) is 4.04. The lowest BCUT2D eigenvalue weighted by atomic mass is 10.2. The first-order chi connectivity index (χ1) is 14.6. The number of aromatic nitrogens is 2. The van der Waals surface area contributed by atoms with Crippen LogP contribution in [0.3, 0.4) is 0 Å². The smallest absolute Gasteiger partial charge is 0.378 e. The Hall–Kier alpha value is -3.73. The summed E-state index contributed by atoms with van der Waals surface area (Å²) < 4.78 is 38.7. The Bertz CT molecular complexity index is 1120. The molecule has 0 unspecified atom stereocenters. The molecule has 0 spiro atoms. The maximum absolute atomic E-state index is 12.9. The highest BCUT2D eigenvalue weighted by Crippen LogP contribution is 2.33. The van der Waals surface area contributed by atoms with Gasteiger partial charge in [0, 0.05) is 22.9 Å². The fourth-order valence-corrected chi connectivity index (χ4v) is 2.92. The van der Waals surface area contributed by atoms with Gasteiger partial charge in [0.25, 0.3) is 5.91 Å². The number of aromatic amines is 1. The minimum absolute atomic E-state index is 0.103. The fourth-order valence-electron chi connectivity index (χ4n) is 2.68. The van der Waals surface area contributed by atoms with E-state index in [1.54, 1.807) is 24.3 Å². The number of primary amides is 1. The number of nitrogens with one attached hydrogen (secondary N) is 4. The zero-order valence-corrected chi connectivity index (χ0v) is 16.4. The van der Waals surface area contributed by atoms with Crippen LogP contribution in [0.15, 0.2) is 48.7 Å². The van der Waals surface area contributed by atoms with Crippen molar-refractivity contribution in [1.82, 2.24) is 10.2 Å². The van der Waals surface area contributed by atoms with Crippen LogP contribution in [0.4, 0.5) is 35.0 Å². The normalized spacial score (nSPS) is 11.1. The van der Waals surface area contributed by atoms with Crippen LogP contribution in [0, 0.1) is 0 Å². The summed E-state index contributed by atoms with van der Waals surface area (Å²) in [5.74, 6) is -0.665. The van der Waals surface area contributed by atoms with Crippen molar-refractivity contribution < 1.29 is 22.8 Å². The molecule has 0 bridgehead atoms. The molecule has 0 saturated heterocycles. The molecule has 0 radical (unpaired) electrons. The molecule has 1 heterocycles. The maximum Gasteiger partial charge on any atom is 0.416 e. The molecule has 0 saturated carbocycles. The molecule has 12 heteroatoms. The average molecular weight is 453 g/mol. The van der Waals surface area contributed by atoms with Gasteiger partial charge in [0.05, 0.1) is 17.4 Å². The first-order valence-corrected chi connectivity index (χ1v) is 9.11. The topological polar surface area (TPSA) is 125 Å². The van der Waals surface area contributed by atoms with Crippen LogP contribution in [-0.4, -0.2) is 22.1 Å². The number of halogens is 4. The molecule has 2 aromatic carbocycles. The lowest BCUT2D eigenvalue weighted by molar-refractivity contribution is -0.137. The monoisotopic (exact) mass is 452 g/mol. The van der Waals surface area contributed by atoms with Gasteiger partial charge in [0.2, 0.25) is 0 Å². The molecule has 1 aromatic heterocycles. The van der Waals surface area contributed by atoms with E-state index in [1.165, 1.54) is 12.3 Å². The third kappa shape index (κ3) is 5.89. The van der Waals surface area contributed by atoms with Gasteiger partial charge < -0.3 is 21.7 Å². The van der Waals surface area contributed by atoms with Gasteiger partial charge in [0.15, 0.2) is 0 Å². The lowest BCUT2D eigenvalue weighted by Gasteiger charge is -2.12. The van der Waals surface area contributed by atoms with Crippen LogP contribution in [0.1, 0.15) is 21.6 Å². The summed E-state index contributed by atoms with van der Waals surface area (Å²) in [5, 5.41) is 13.9. The Morgan fingerprint density at radius 1 is 1.10 bits per heavy atom. The van der Waals surface area contributed by atoms with Crippen molar-refractivity contribution in [3.63, 3.8) is 0 Å². The van der Waals surface area contributed by atoms with Gasteiger partial charge >= 0.3 is 12.2 Å². The van der Waals surface area contributed by atoms with E-state index in [0.717, 1.165) is 17.7 Å². The van der Waals surface area contributed by atoms with E-state index >= 15 is 0 Å². The second kappa shape index (κ2) is 8.96. The van der Waals surface area contributed by atoms with Gasteiger partial charge in [-0.05, 0) is 35.9 Å². The molecule has 0 aliphatic heterocycles. The zero-order chi connectivity index (χ0) is 22.6. The predicted molar refractivity (Wildman–Crippen MR) is 110 cm³/mol. The summed E-state index contributed by atoms with van der Waals surface area (Å²) >= 11 is 5.71. The molecule has 0 fully saturated rings. The van der Waals surface area contributed by atoms with Crippen LogP contribution in [0.5, 0.6) is 0 Å². The van der Waals surface area contributed by atoms with Gasteiger partial charge in [-0.1, -0.05) is 23.7 Å². The second-order valence-electron chi connectivity index (χ2n) is 6.38. The highest BCUT2D eigenvalue weighted by molar-refractivity contribution is 6.31. The largest absolute Gasteiger partial charge is 0.416 e. The molecule has 162 valence electrons. The number of H-pyrrole nitrogens is 1. The van der Waals surface area contributed by atoms with E-state index in [0.29, 0.717) is 17.9 Å². The van der Waals surface area contributed by atoms with Gasteiger partial charge in [0.1, 0.15) is 5.69 Å². The standard InChI is InChI=1S/C19H16ClF3N6O2/c20-12-5-11(19(21,22)23)6-14(7-12)28-18(31)27-13-3-1-2-10(4-13)8-25-15-9-26-29-16(15)17(24)30/h1-7,9,25H,8H2,(H2,24,30)(H,26,29)(H2,27,28,31). The number of carbonyl (C=O) groups is 2. The summed E-state index contributed by atoms with van der Waals surface area (Å²) in [7, 11) is 0. The van der Waals surface area contributed by atoms with Crippen LogP contribution in [0.25, 0.3) is 0 Å². The highest BCUT2D eigenvalue weighted by Gasteiger charge is 2.31. The quantitative estimate of drug-likeness (QED) is 0.379. The van der Waals surface area contributed by atoms with Gasteiger partial charge in [-0.25, -0.2) is 4.79 Å². The van der Waals surface area contributed by atoms with E-state index in [9.17, 15) is 22.8 Å². The summed E-state index contributed by atoms with van der Waals surface area (Å²) in [6.07, 6.45) is -3.18. The average Bonchev–Trinajstić information content (AvgIpc) is 3.14. The number of urea groups is 1. The summed E-state index contributed by atoms with van der Waals surface area (Å²) in [5.41, 5.74) is 5.86. The minimum Gasteiger partial charge on any atom is -0.378 e. The Morgan fingerprint density at radius 2 is 1.84 bits per heavy atom. The summed E-state index contributed by atoms with van der Waals surface area (Å²) in [6.45, 7) is 0.292. The number of alkyl halides is 3. The van der Waals surface area contributed by atoms with Crippen molar-refractivity contribution in [1.29, 1.82) is 0 Å². The van der Waals surface area contributed by atoms with E-state index in [1.807, 2.05) is 0 Å². The van der Waals surface area contributed by atoms with E-state index in [-0.39, 0.29) is 16.4 Å². The molecule has 3 aromatic rings. The minimum atomic E-state index is -4.59. The number of hydrogen-bond acceptors (Lipinski definition) is 4. The van der Waals surface area contributed by atoms with Gasteiger partial charge in [-0.3, -0.25) is 9.89 Å². The van der Waals surface area contributed by atoms with Crippen molar-refractivity contribution in [3.8, 4) is 0 Å². The van der Waals surface area contributed by atoms with E-state index < -0.39 is 23.7 Å². The van der Waals surface area contributed by atoms with Crippen LogP contribution in [-0.2, 0) is 12.7 Å². The third-order valence-corrected chi connectivity index (χ3v) is 4.25. The molecule has 3 amide bonds. The van der Waals surface area contributed by atoms with Crippen molar-refractivity contribution in [3.05, 3.63) is 70.5 Å². The number of rotatable bonds is 6. The molecular weight excluding hydrogens is 437 g/mol. The second-order valence-corrected chi connectivity index (χ2v) is 6.82. The molecule has 6 N–H and O–H groups in total. The fraction of sp³-hybridized carbons (Fsp3) is 0.105. The Morgan fingerprint density at radius 3 is 2.55 bits per heavy atom. The predicted octanol–water partition coefficient (Wildman–Crippen LogP) is 4.44. The van der Waals surface area contributed by atoms with Crippen molar-refractivity contribution >= 4 is 40.6 Å². The van der Waals surface area contributed by atoms with Crippen LogP contribution in [0.2, 0.25) is 5.02 Å². The number of nitrogens with zero attached hydrogens (tertiary/aromatic N) is 1. The number of hydrogen-bond donors (Lipinski definition) is 5. The van der Waals surface area contributed by atoms with Crippen molar-refractivity contribution in [2.75, 3.05) is 16.0 Å². The first kappa shape index (κ1) is 22.0. The molecule has 0 aliphatic carbocycles. The first-order valence-electron chi connectivity index (χ1n) is 8.73. The van der Waals surface area contributed by atoms with Gasteiger partial charge in [-0.2, -0.15) is 18.3 Å². The number of nitrogens with two attached hydrogens (primary N) is 1. The summed E-state index contributed by atoms with van der Waals surface area (Å²) in [6, 6.07) is 8.72. The van der Waals surface area contributed by atoms with Crippen LogP contribution < -0.4 is 21.7 Å². The maximum atomic E-state index is 12.9. The summed E-state index contributed by atoms with van der Waals surface area (Å²) in [4.78, 5) is 23.5. The number of carbonyl (C=O) groups excluding carboxylic acids is 2.